The molecule has 1 N–H and O–H groups in total. The first-order valence-electron chi connectivity index (χ1n) is 9.92. The average molecular weight is 385 g/mol. The van der Waals surface area contributed by atoms with Crippen molar-refractivity contribution in [2.75, 3.05) is 5.01 Å². The number of hydrogen-bond acceptors (Lipinski definition) is 5. The molecule has 1 aromatic rings. The van der Waals surface area contributed by atoms with Gasteiger partial charge in [-0.15, -0.1) is 0 Å². The topological polar surface area (TPSA) is 88.1 Å². The van der Waals surface area contributed by atoms with Gasteiger partial charge in [-0.05, 0) is 37.8 Å². The molecule has 0 aromatic heterocycles. The maximum Gasteiger partial charge on any atom is 0.355 e. The summed E-state index contributed by atoms with van der Waals surface area (Å²) in [6.07, 6.45) is 3.80. The van der Waals surface area contributed by atoms with E-state index in [0.717, 1.165) is 19.3 Å². The molecule has 7 nitrogen and oxygen atoms in total. The molecule has 3 atom stereocenters. The van der Waals surface area contributed by atoms with Gasteiger partial charge in [-0.3, -0.25) is 9.59 Å². The summed E-state index contributed by atoms with van der Waals surface area (Å²) in [7, 11) is 0. The van der Waals surface area contributed by atoms with E-state index in [9.17, 15) is 14.4 Å². The Bertz CT molecular complexity index is 762. The van der Waals surface area contributed by atoms with Crippen LogP contribution in [0.3, 0.4) is 0 Å². The quantitative estimate of drug-likeness (QED) is 0.790. The lowest BCUT2D eigenvalue weighted by Gasteiger charge is -2.30. The van der Waals surface area contributed by atoms with Gasteiger partial charge in [0.15, 0.2) is 6.10 Å². The molecule has 3 rings (SSSR count). The fourth-order valence-electron chi connectivity index (χ4n) is 3.58. The molecule has 1 aliphatic heterocycles. The highest BCUT2D eigenvalue weighted by molar-refractivity contribution is 6.38. The molecule has 0 radical (unpaired) electrons. The molecule has 1 aromatic carbocycles. The van der Waals surface area contributed by atoms with Crippen LogP contribution in [0, 0.1) is 5.92 Å². The third kappa shape index (κ3) is 4.77. The van der Waals surface area contributed by atoms with Crippen molar-refractivity contribution < 1.29 is 19.1 Å². The Balaban J connectivity index is 1.61. The number of anilines is 1. The van der Waals surface area contributed by atoms with Crippen molar-refractivity contribution in [2.45, 2.75) is 64.5 Å². The van der Waals surface area contributed by atoms with Gasteiger partial charge in [-0.2, -0.15) is 5.10 Å². The second-order valence-corrected chi connectivity index (χ2v) is 7.51. The number of benzene rings is 1. The third-order valence-electron chi connectivity index (χ3n) is 5.36. The normalized spacial score (nSPS) is 23.6. The second-order valence-electron chi connectivity index (χ2n) is 7.51. The second kappa shape index (κ2) is 8.99. The van der Waals surface area contributed by atoms with Crippen molar-refractivity contribution in [1.82, 2.24) is 5.32 Å². The first kappa shape index (κ1) is 20.0. The number of hydrogen-bond donors (Lipinski definition) is 1. The third-order valence-corrected chi connectivity index (χ3v) is 5.36. The van der Waals surface area contributed by atoms with Gasteiger partial charge in [0.05, 0.1) is 5.69 Å². The predicted octanol–water partition coefficient (Wildman–Crippen LogP) is 2.80. The number of nitrogens with one attached hydrogen (secondary N) is 1. The minimum Gasteiger partial charge on any atom is -0.448 e. The van der Waals surface area contributed by atoms with E-state index in [4.69, 9.17) is 4.74 Å². The van der Waals surface area contributed by atoms with Crippen LogP contribution < -0.4 is 10.3 Å². The summed E-state index contributed by atoms with van der Waals surface area (Å²) in [4.78, 5) is 37.1. The molecule has 0 saturated heterocycles. The molecular weight excluding hydrogens is 358 g/mol. The SMILES string of the molecule is C[C@@H](OC(=O)C1=NN(c2ccccc2)C(=O)CC1)C(=O)N[C@H]1CCCC[C@@H]1C. The number of ether oxygens (including phenoxy) is 1. The van der Waals surface area contributed by atoms with Crippen molar-refractivity contribution in [2.24, 2.45) is 11.0 Å². The van der Waals surface area contributed by atoms with Crippen LogP contribution in [0.5, 0.6) is 0 Å². The number of carbonyl (C=O) groups is 3. The summed E-state index contributed by atoms with van der Waals surface area (Å²) in [6, 6.07) is 9.05. The summed E-state index contributed by atoms with van der Waals surface area (Å²) < 4.78 is 5.33. The Morgan fingerprint density at radius 2 is 1.89 bits per heavy atom. The van der Waals surface area contributed by atoms with Gasteiger partial charge in [0.2, 0.25) is 5.91 Å². The van der Waals surface area contributed by atoms with Crippen LogP contribution in [-0.4, -0.2) is 35.6 Å². The maximum atomic E-state index is 12.5. The Hall–Kier alpha value is -2.70. The number of esters is 1. The highest BCUT2D eigenvalue weighted by Gasteiger charge is 2.30. The lowest BCUT2D eigenvalue weighted by molar-refractivity contribution is -0.149. The lowest BCUT2D eigenvalue weighted by Crippen LogP contribution is -2.46. The van der Waals surface area contributed by atoms with Crippen LogP contribution in [0.4, 0.5) is 5.69 Å². The average Bonchev–Trinajstić information content (AvgIpc) is 2.70. The molecule has 2 aliphatic rings. The van der Waals surface area contributed by atoms with Crippen LogP contribution in [-0.2, 0) is 19.1 Å². The fourth-order valence-corrected chi connectivity index (χ4v) is 3.58. The van der Waals surface area contributed by atoms with Crippen molar-refractivity contribution in [3.05, 3.63) is 30.3 Å². The molecule has 1 fully saturated rings. The molecule has 150 valence electrons. The molecule has 1 heterocycles. The van der Waals surface area contributed by atoms with Gasteiger partial charge in [-0.1, -0.05) is 38.0 Å². The zero-order valence-corrected chi connectivity index (χ0v) is 16.4. The van der Waals surface area contributed by atoms with E-state index in [2.05, 4.69) is 17.3 Å². The van der Waals surface area contributed by atoms with E-state index in [1.54, 1.807) is 31.2 Å². The van der Waals surface area contributed by atoms with E-state index in [0.29, 0.717) is 11.6 Å². The summed E-state index contributed by atoms with van der Waals surface area (Å²) >= 11 is 0. The van der Waals surface area contributed by atoms with E-state index in [1.807, 2.05) is 6.07 Å². The van der Waals surface area contributed by atoms with Crippen LogP contribution in [0.25, 0.3) is 0 Å². The molecule has 0 bridgehead atoms. The van der Waals surface area contributed by atoms with Crippen LogP contribution >= 0.6 is 0 Å². The fraction of sp³-hybridized carbons (Fsp3) is 0.524. The minimum atomic E-state index is -0.910. The van der Waals surface area contributed by atoms with E-state index >= 15 is 0 Å². The monoisotopic (exact) mass is 385 g/mol. The molecule has 7 heteroatoms. The van der Waals surface area contributed by atoms with E-state index in [1.165, 1.54) is 11.4 Å². The van der Waals surface area contributed by atoms with Gasteiger partial charge in [0.1, 0.15) is 5.71 Å². The van der Waals surface area contributed by atoms with Crippen molar-refractivity contribution in [1.29, 1.82) is 0 Å². The Kier molecular flexibility index (Phi) is 6.44. The van der Waals surface area contributed by atoms with Gasteiger partial charge in [-0.25, -0.2) is 9.80 Å². The van der Waals surface area contributed by atoms with E-state index < -0.39 is 12.1 Å². The number of amides is 2. The first-order chi connectivity index (χ1) is 13.5. The summed E-state index contributed by atoms with van der Waals surface area (Å²) in [5, 5.41) is 8.38. The van der Waals surface area contributed by atoms with Crippen molar-refractivity contribution in [3.63, 3.8) is 0 Å². The lowest BCUT2D eigenvalue weighted by atomic mass is 9.86. The number of hydrazone groups is 1. The van der Waals surface area contributed by atoms with Crippen LogP contribution in [0.1, 0.15) is 52.4 Å². The Labute approximate surface area is 165 Å². The summed E-state index contributed by atoms with van der Waals surface area (Å²) in [5.41, 5.74) is 0.740. The van der Waals surface area contributed by atoms with Crippen molar-refractivity contribution in [3.8, 4) is 0 Å². The van der Waals surface area contributed by atoms with Gasteiger partial charge in [0.25, 0.3) is 5.91 Å². The largest absolute Gasteiger partial charge is 0.448 e. The maximum absolute atomic E-state index is 12.5. The smallest absolute Gasteiger partial charge is 0.355 e. The number of rotatable bonds is 5. The standard InChI is InChI=1S/C21H27N3O4/c1-14-8-6-7-11-17(14)22-20(26)15(2)28-21(27)18-12-13-19(25)24(23-18)16-9-4-3-5-10-16/h3-5,9-10,14-15,17H,6-8,11-13H2,1-2H3,(H,22,26)/t14-,15+,17-/m0/s1. The number of nitrogens with zero attached hydrogens (tertiary/aromatic N) is 2. The number of para-hydroxylation sites is 1. The van der Waals surface area contributed by atoms with Crippen molar-refractivity contribution >= 4 is 29.2 Å². The Morgan fingerprint density at radius 3 is 2.61 bits per heavy atom. The van der Waals surface area contributed by atoms with Crippen LogP contribution in [0.2, 0.25) is 0 Å². The molecule has 2 amide bonds. The summed E-state index contributed by atoms with van der Waals surface area (Å²) in [6.45, 7) is 3.69. The number of carbonyl (C=O) groups excluding carboxylic acids is 3. The molecule has 1 aliphatic carbocycles. The highest BCUT2D eigenvalue weighted by Crippen LogP contribution is 2.24. The van der Waals surface area contributed by atoms with Gasteiger partial charge < -0.3 is 10.1 Å². The Morgan fingerprint density at radius 1 is 1.18 bits per heavy atom. The minimum absolute atomic E-state index is 0.126. The highest BCUT2D eigenvalue weighted by atomic mass is 16.5. The van der Waals surface area contributed by atoms with E-state index in [-0.39, 0.29) is 36.4 Å². The van der Waals surface area contributed by atoms with Gasteiger partial charge >= 0.3 is 5.97 Å². The van der Waals surface area contributed by atoms with Gasteiger partial charge in [0, 0.05) is 18.9 Å². The zero-order chi connectivity index (χ0) is 20.1. The molecule has 1 saturated carbocycles. The molecule has 0 unspecified atom stereocenters. The van der Waals surface area contributed by atoms with Crippen LogP contribution in [0.15, 0.2) is 35.4 Å². The molecule has 0 spiro atoms. The molecular formula is C21H27N3O4. The molecule has 28 heavy (non-hydrogen) atoms. The summed E-state index contributed by atoms with van der Waals surface area (Å²) in [5.74, 6) is -0.708. The predicted molar refractivity (Wildman–Crippen MR) is 106 cm³/mol. The first-order valence-corrected chi connectivity index (χ1v) is 9.92. The zero-order valence-electron chi connectivity index (χ0n) is 16.4.